The Kier molecular flexibility index (Phi) is 5.08. The van der Waals surface area contributed by atoms with Crippen LogP contribution in [-0.2, 0) is 14.6 Å². The SMILES string of the molecule is CC(C)S(=O)(=O)c1ccc(N2CCN(C)CC2)cc1NC=O. The fraction of sp³-hybridized carbons (Fsp3) is 0.533. The van der Waals surface area contributed by atoms with Gasteiger partial charge in [0.05, 0.1) is 15.8 Å². The van der Waals surface area contributed by atoms with Crippen LogP contribution in [0.15, 0.2) is 23.1 Å². The minimum Gasteiger partial charge on any atom is -0.369 e. The second kappa shape index (κ2) is 6.66. The molecule has 0 unspecified atom stereocenters. The second-order valence-corrected chi connectivity index (χ2v) is 8.30. The Hall–Kier alpha value is -1.60. The number of piperazine rings is 1. The molecule has 0 aromatic heterocycles. The average Bonchev–Trinajstić information content (AvgIpc) is 2.48. The van der Waals surface area contributed by atoms with Gasteiger partial charge in [0, 0.05) is 31.9 Å². The van der Waals surface area contributed by atoms with Gasteiger partial charge in [-0.2, -0.15) is 0 Å². The molecule has 1 aromatic rings. The number of hydrogen-bond donors (Lipinski definition) is 1. The number of rotatable bonds is 5. The molecule has 1 fully saturated rings. The predicted molar refractivity (Wildman–Crippen MR) is 88.2 cm³/mol. The lowest BCUT2D eigenvalue weighted by Crippen LogP contribution is -2.44. The van der Waals surface area contributed by atoms with Gasteiger partial charge in [0.2, 0.25) is 6.41 Å². The number of carbonyl (C=O) groups excluding carboxylic acids is 1. The summed E-state index contributed by atoms with van der Waals surface area (Å²) in [5, 5.41) is 2.00. The van der Waals surface area contributed by atoms with Crippen molar-refractivity contribution in [1.29, 1.82) is 0 Å². The summed E-state index contributed by atoms with van der Waals surface area (Å²) in [6.45, 7) is 6.95. The summed E-state index contributed by atoms with van der Waals surface area (Å²) in [6.07, 6.45) is 0.516. The van der Waals surface area contributed by atoms with Crippen LogP contribution in [-0.4, -0.2) is 58.2 Å². The molecule has 0 aliphatic carbocycles. The molecule has 6 nitrogen and oxygen atoms in total. The van der Waals surface area contributed by atoms with Gasteiger partial charge in [0.25, 0.3) is 0 Å². The highest BCUT2D eigenvalue weighted by molar-refractivity contribution is 7.92. The average molecular weight is 325 g/mol. The minimum absolute atomic E-state index is 0.174. The Morgan fingerprint density at radius 3 is 2.36 bits per heavy atom. The lowest BCUT2D eigenvalue weighted by Gasteiger charge is -2.34. The van der Waals surface area contributed by atoms with E-state index >= 15 is 0 Å². The summed E-state index contributed by atoms with van der Waals surface area (Å²) in [5.74, 6) is 0. The zero-order chi connectivity index (χ0) is 16.3. The molecule has 1 heterocycles. The predicted octanol–water partition coefficient (Wildman–Crippen LogP) is 1.19. The molecule has 22 heavy (non-hydrogen) atoms. The van der Waals surface area contributed by atoms with E-state index in [9.17, 15) is 13.2 Å². The third-order valence-electron chi connectivity index (χ3n) is 3.97. The molecule has 1 saturated heterocycles. The first kappa shape index (κ1) is 16.8. The highest BCUT2D eigenvalue weighted by Gasteiger charge is 2.24. The number of nitrogens with one attached hydrogen (secondary N) is 1. The van der Waals surface area contributed by atoms with E-state index in [1.807, 2.05) is 6.07 Å². The summed E-state index contributed by atoms with van der Waals surface area (Å²) >= 11 is 0. The van der Waals surface area contributed by atoms with Gasteiger partial charge in [-0.25, -0.2) is 8.42 Å². The first-order valence-corrected chi connectivity index (χ1v) is 8.92. The molecule has 1 aromatic carbocycles. The third kappa shape index (κ3) is 3.41. The van der Waals surface area contributed by atoms with Gasteiger partial charge in [0.15, 0.2) is 9.84 Å². The van der Waals surface area contributed by atoms with Crippen LogP contribution in [0.3, 0.4) is 0 Å². The smallest absolute Gasteiger partial charge is 0.211 e. The number of hydrogen-bond acceptors (Lipinski definition) is 5. The number of nitrogens with zero attached hydrogens (tertiary/aromatic N) is 2. The van der Waals surface area contributed by atoms with Crippen molar-refractivity contribution >= 4 is 27.6 Å². The van der Waals surface area contributed by atoms with Crippen LogP contribution in [0.5, 0.6) is 0 Å². The molecular formula is C15H23N3O3S. The summed E-state index contributed by atoms with van der Waals surface area (Å²) in [7, 11) is -1.36. The highest BCUT2D eigenvalue weighted by Crippen LogP contribution is 2.30. The largest absolute Gasteiger partial charge is 0.369 e. The number of carbonyl (C=O) groups is 1. The Morgan fingerprint density at radius 2 is 1.82 bits per heavy atom. The van der Waals surface area contributed by atoms with Crippen LogP contribution in [0.2, 0.25) is 0 Å². The fourth-order valence-corrected chi connectivity index (χ4v) is 3.65. The third-order valence-corrected chi connectivity index (χ3v) is 6.18. The molecule has 1 N–H and O–H groups in total. The van der Waals surface area contributed by atoms with Crippen molar-refractivity contribution in [1.82, 2.24) is 4.90 Å². The van der Waals surface area contributed by atoms with E-state index in [1.165, 1.54) is 0 Å². The van der Waals surface area contributed by atoms with E-state index in [0.717, 1.165) is 31.9 Å². The molecule has 1 amide bonds. The maximum absolute atomic E-state index is 12.4. The van der Waals surface area contributed by atoms with Crippen LogP contribution < -0.4 is 10.2 Å². The monoisotopic (exact) mass is 325 g/mol. The molecule has 0 radical (unpaired) electrons. The van der Waals surface area contributed by atoms with Gasteiger partial charge in [-0.3, -0.25) is 4.79 Å². The van der Waals surface area contributed by atoms with Gasteiger partial charge in [-0.15, -0.1) is 0 Å². The van der Waals surface area contributed by atoms with Crippen molar-refractivity contribution < 1.29 is 13.2 Å². The number of amides is 1. The summed E-state index contributed by atoms with van der Waals surface area (Å²) in [4.78, 5) is 15.4. The topological polar surface area (TPSA) is 69.7 Å². The van der Waals surface area contributed by atoms with Crippen LogP contribution in [0.25, 0.3) is 0 Å². The van der Waals surface area contributed by atoms with Gasteiger partial charge in [-0.1, -0.05) is 0 Å². The van der Waals surface area contributed by atoms with E-state index < -0.39 is 15.1 Å². The van der Waals surface area contributed by atoms with Crippen LogP contribution in [0.1, 0.15) is 13.8 Å². The number of likely N-dealkylation sites (N-methyl/N-ethyl adjacent to an activating group) is 1. The van der Waals surface area contributed by atoms with E-state index in [-0.39, 0.29) is 4.90 Å². The van der Waals surface area contributed by atoms with Crippen molar-refractivity contribution in [2.75, 3.05) is 43.4 Å². The minimum atomic E-state index is -3.43. The summed E-state index contributed by atoms with van der Waals surface area (Å²) in [5.41, 5.74) is 1.28. The highest BCUT2D eigenvalue weighted by atomic mass is 32.2. The standard InChI is InChI=1S/C15H23N3O3S/c1-12(2)22(20,21)15-5-4-13(10-14(15)16-11-19)18-8-6-17(3)7-9-18/h4-5,10-12H,6-9H2,1-3H3,(H,16,19). The normalized spacial score (nSPS) is 16.8. The zero-order valence-electron chi connectivity index (χ0n) is 13.2. The van der Waals surface area contributed by atoms with Crippen molar-refractivity contribution in [3.05, 3.63) is 18.2 Å². The van der Waals surface area contributed by atoms with Crippen LogP contribution in [0.4, 0.5) is 11.4 Å². The maximum Gasteiger partial charge on any atom is 0.211 e. The van der Waals surface area contributed by atoms with Crippen molar-refractivity contribution in [2.45, 2.75) is 24.0 Å². The molecule has 0 atom stereocenters. The molecule has 122 valence electrons. The zero-order valence-corrected chi connectivity index (χ0v) is 14.1. The molecule has 7 heteroatoms. The Balaban J connectivity index is 2.37. The van der Waals surface area contributed by atoms with Gasteiger partial charge < -0.3 is 15.1 Å². The van der Waals surface area contributed by atoms with Crippen molar-refractivity contribution in [3.8, 4) is 0 Å². The van der Waals surface area contributed by atoms with E-state index in [2.05, 4.69) is 22.2 Å². The lowest BCUT2D eigenvalue weighted by atomic mass is 10.2. The Labute approximate surface area is 132 Å². The van der Waals surface area contributed by atoms with Crippen LogP contribution >= 0.6 is 0 Å². The van der Waals surface area contributed by atoms with Crippen LogP contribution in [0, 0.1) is 0 Å². The molecule has 0 bridgehead atoms. The van der Waals surface area contributed by atoms with E-state index in [0.29, 0.717) is 12.1 Å². The van der Waals surface area contributed by atoms with Crippen molar-refractivity contribution in [3.63, 3.8) is 0 Å². The Bertz CT molecular complexity index is 635. The number of benzene rings is 1. The molecule has 0 spiro atoms. The van der Waals surface area contributed by atoms with E-state index in [1.54, 1.807) is 26.0 Å². The molecule has 0 saturated carbocycles. The number of anilines is 2. The summed E-state index contributed by atoms with van der Waals surface area (Å²) < 4.78 is 24.8. The number of sulfone groups is 1. The van der Waals surface area contributed by atoms with Crippen molar-refractivity contribution in [2.24, 2.45) is 0 Å². The fourth-order valence-electron chi connectivity index (χ4n) is 2.46. The lowest BCUT2D eigenvalue weighted by molar-refractivity contribution is -0.105. The molecule has 1 aliphatic heterocycles. The summed E-state index contributed by atoms with van der Waals surface area (Å²) in [6, 6.07) is 5.15. The maximum atomic E-state index is 12.4. The molecule has 2 rings (SSSR count). The first-order valence-electron chi connectivity index (χ1n) is 7.38. The van der Waals surface area contributed by atoms with E-state index in [4.69, 9.17) is 0 Å². The first-order chi connectivity index (χ1) is 10.4. The second-order valence-electron chi connectivity index (χ2n) is 5.83. The molecular weight excluding hydrogens is 302 g/mol. The van der Waals surface area contributed by atoms with Gasteiger partial charge in [0.1, 0.15) is 0 Å². The quantitative estimate of drug-likeness (QED) is 0.824. The van der Waals surface area contributed by atoms with Gasteiger partial charge >= 0.3 is 0 Å². The van der Waals surface area contributed by atoms with Gasteiger partial charge in [-0.05, 0) is 39.1 Å². The Morgan fingerprint density at radius 1 is 1.18 bits per heavy atom. The molecule has 1 aliphatic rings.